The van der Waals surface area contributed by atoms with Crippen molar-refractivity contribution in [3.63, 3.8) is 0 Å². The van der Waals surface area contributed by atoms with Crippen LogP contribution < -0.4 is 10.1 Å². The second kappa shape index (κ2) is 8.55. The van der Waals surface area contributed by atoms with Crippen LogP contribution in [0.4, 0.5) is 5.82 Å². The van der Waals surface area contributed by atoms with Gasteiger partial charge in [-0.2, -0.15) is 5.26 Å². The van der Waals surface area contributed by atoms with Crippen LogP contribution in [0.15, 0.2) is 54.7 Å². The van der Waals surface area contributed by atoms with Crippen molar-refractivity contribution in [2.24, 2.45) is 0 Å². The SMILES string of the molecule is Cc1ccc(CC(=O)Nc2ncccc2C)cc1Oc1cc(Cl)cc(C#N)c1. The molecule has 0 unspecified atom stereocenters. The van der Waals surface area contributed by atoms with Gasteiger partial charge in [-0.1, -0.05) is 29.8 Å². The largest absolute Gasteiger partial charge is 0.457 e. The molecule has 0 atom stereocenters. The highest BCUT2D eigenvalue weighted by Gasteiger charge is 2.10. The molecule has 5 nitrogen and oxygen atoms in total. The summed E-state index contributed by atoms with van der Waals surface area (Å²) >= 11 is 6.03. The van der Waals surface area contributed by atoms with Gasteiger partial charge in [0.25, 0.3) is 0 Å². The van der Waals surface area contributed by atoms with Crippen molar-refractivity contribution >= 4 is 23.3 Å². The van der Waals surface area contributed by atoms with Gasteiger partial charge in [0, 0.05) is 11.2 Å². The van der Waals surface area contributed by atoms with Crippen LogP contribution >= 0.6 is 11.6 Å². The van der Waals surface area contributed by atoms with Crippen LogP contribution in [0.25, 0.3) is 0 Å². The van der Waals surface area contributed by atoms with E-state index in [4.69, 9.17) is 21.6 Å². The monoisotopic (exact) mass is 391 g/mol. The lowest BCUT2D eigenvalue weighted by Crippen LogP contribution is -2.16. The number of benzene rings is 2. The number of hydrogen-bond donors (Lipinski definition) is 1. The smallest absolute Gasteiger partial charge is 0.229 e. The van der Waals surface area contributed by atoms with E-state index in [1.807, 2.05) is 44.2 Å². The quantitative estimate of drug-likeness (QED) is 0.648. The molecule has 2 aromatic carbocycles. The Kier molecular flexibility index (Phi) is 5.93. The molecule has 0 spiro atoms. The van der Waals surface area contributed by atoms with Crippen molar-refractivity contribution in [2.45, 2.75) is 20.3 Å². The number of aryl methyl sites for hydroxylation is 2. The normalized spacial score (nSPS) is 10.2. The number of amides is 1. The van der Waals surface area contributed by atoms with E-state index in [0.29, 0.717) is 27.9 Å². The molecule has 28 heavy (non-hydrogen) atoms. The van der Waals surface area contributed by atoms with Crippen LogP contribution in [-0.2, 0) is 11.2 Å². The number of nitrogens with zero attached hydrogens (tertiary/aromatic N) is 2. The second-order valence-corrected chi connectivity index (χ2v) is 6.82. The van der Waals surface area contributed by atoms with Gasteiger partial charge in [-0.15, -0.1) is 0 Å². The summed E-state index contributed by atoms with van der Waals surface area (Å²) in [5.41, 5.74) is 3.02. The van der Waals surface area contributed by atoms with Gasteiger partial charge in [-0.05, 0) is 60.9 Å². The molecule has 3 rings (SSSR count). The molecular formula is C22H18ClN3O2. The van der Waals surface area contributed by atoms with Crippen LogP contribution in [0.3, 0.4) is 0 Å². The molecule has 3 aromatic rings. The number of pyridine rings is 1. The highest BCUT2D eigenvalue weighted by molar-refractivity contribution is 6.30. The Labute approximate surface area is 168 Å². The summed E-state index contributed by atoms with van der Waals surface area (Å²) < 4.78 is 5.91. The van der Waals surface area contributed by atoms with E-state index < -0.39 is 0 Å². The van der Waals surface area contributed by atoms with Crippen molar-refractivity contribution in [3.8, 4) is 17.6 Å². The molecule has 0 aliphatic rings. The Morgan fingerprint density at radius 1 is 1.18 bits per heavy atom. The predicted octanol–water partition coefficient (Wildman–Crippen LogP) is 5.20. The van der Waals surface area contributed by atoms with Gasteiger partial charge in [-0.25, -0.2) is 4.98 Å². The molecule has 0 saturated heterocycles. The maximum atomic E-state index is 12.4. The molecule has 0 aliphatic heterocycles. The number of anilines is 1. The van der Waals surface area contributed by atoms with Crippen LogP contribution in [-0.4, -0.2) is 10.9 Å². The highest BCUT2D eigenvalue weighted by atomic mass is 35.5. The number of ether oxygens (including phenoxy) is 1. The molecule has 0 aliphatic carbocycles. The Morgan fingerprint density at radius 3 is 2.75 bits per heavy atom. The maximum Gasteiger partial charge on any atom is 0.229 e. The number of nitrogens with one attached hydrogen (secondary N) is 1. The average molecular weight is 392 g/mol. The number of carbonyl (C=O) groups excluding carboxylic acids is 1. The first-order valence-corrected chi connectivity index (χ1v) is 9.02. The molecule has 6 heteroatoms. The minimum Gasteiger partial charge on any atom is -0.457 e. The van der Waals surface area contributed by atoms with Gasteiger partial charge < -0.3 is 10.1 Å². The van der Waals surface area contributed by atoms with Crippen LogP contribution in [0.2, 0.25) is 5.02 Å². The molecule has 0 bridgehead atoms. The van der Waals surface area contributed by atoms with E-state index >= 15 is 0 Å². The average Bonchev–Trinajstić information content (AvgIpc) is 2.66. The zero-order valence-corrected chi connectivity index (χ0v) is 16.2. The lowest BCUT2D eigenvalue weighted by Gasteiger charge is -2.12. The molecule has 0 saturated carbocycles. The third-order valence-corrected chi connectivity index (χ3v) is 4.33. The fraction of sp³-hybridized carbons (Fsp3) is 0.136. The molecule has 140 valence electrons. The lowest BCUT2D eigenvalue weighted by atomic mass is 10.1. The van der Waals surface area contributed by atoms with Crippen molar-refractivity contribution in [1.82, 2.24) is 4.98 Å². The summed E-state index contributed by atoms with van der Waals surface area (Å²) in [6, 6.07) is 16.2. The number of rotatable bonds is 5. The lowest BCUT2D eigenvalue weighted by molar-refractivity contribution is -0.115. The topological polar surface area (TPSA) is 75.0 Å². The summed E-state index contributed by atoms with van der Waals surface area (Å²) in [7, 11) is 0. The van der Waals surface area contributed by atoms with E-state index in [0.717, 1.165) is 16.7 Å². The number of halogens is 1. The molecule has 1 amide bonds. The number of aromatic nitrogens is 1. The fourth-order valence-electron chi connectivity index (χ4n) is 2.66. The summed E-state index contributed by atoms with van der Waals surface area (Å²) in [5, 5.41) is 12.3. The first-order valence-electron chi connectivity index (χ1n) is 8.64. The summed E-state index contributed by atoms with van der Waals surface area (Å²) in [6.07, 6.45) is 1.83. The van der Waals surface area contributed by atoms with Gasteiger partial charge in [-0.3, -0.25) is 4.79 Å². The first-order chi connectivity index (χ1) is 13.4. The van der Waals surface area contributed by atoms with E-state index in [1.165, 1.54) is 0 Å². The molecule has 1 aromatic heterocycles. The number of hydrogen-bond acceptors (Lipinski definition) is 4. The van der Waals surface area contributed by atoms with Crippen molar-refractivity contribution < 1.29 is 9.53 Å². The van der Waals surface area contributed by atoms with Crippen LogP contribution in [0.1, 0.15) is 22.3 Å². The van der Waals surface area contributed by atoms with Gasteiger partial charge in [0.1, 0.15) is 17.3 Å². The third kappa shape index (κ3) is 4.87. The maximum absolute atomic E-state index is 12.4. The Bertz CT molecular complexity index is 1070. The highest BCUT2D eigenvalue weighted by Crippen LogP contribution is 2.29. The van der Waals surface area contributed by atoms with Crippen molar-refractivity contribution in [3.05, 3.63) is 82.0 Å². The van der Waals surface area contributed by atoms with Gasteiger partial charge >= 0.3 is 0 Å². The number of carbonyl (C=O) groups is 1. The predicted molar refractivity (Wildman–Crippen MR) is 109 cm³/mol. The zero-order chi connectivity index (χ0) is 20.1. The standard InChI is InChI=1S/C22H18ClN3O2/c1-14-5-6-16(11-21(27)26-22-15(2)4-3-7-25-22)10-20(14)28-19-9-17(13-24)8-18(23)12-19/h3-10,12H,11H2,1-2H3,(H,25,26,27). The number of nitriles is 1. The molecule has 1 N–H and O–H groups in total. The van der Waals surface area contributed by atoms with Crippen LogP contribution in [0.5, 0.6) is 11.5 Å². The molecule has 1 heterocycles. The molecular weight excluding hydrogens is 374 g/mol. The Balaban J connectivity index is 1.76. The summed E-state index contributed by atoms with van der Waals surface area (Å²) in [4.78, 5) is 16.5. The minimum atomic E-state index is -0.161. The summed E-state index contributed by atoms with van der Waals surface area (Å²) in [5.74, 6) is 1.47. The minimum absolute atomic E-state index is 0.161. The van der Waals surface area contributed by atoms with E-state index in [1.54, 1.807) is 24.4 Å². The molecule has 0 radical (unpaired) electrons. The third-order valence-electron chi connectivity index (χ3n) is 4.11. The van der Waals surface area contributed by atoms with Crippen molar-refractivity contribution in [2.75, 3.05) is 5.32 Å². The summed E-state index contributed by atoms with van der Waals surface area (Å²) in [6.45, 7) is 3.80. The van der Waals surface area contributed by atoms with Gasteiger partial charge in [0.05, 0.1) is 18.1 Å². The first kappa shape index (κ1) is 19.4. The Morgan fingerprint density at radius 2 is 2.00 bits per heavy atom. The Hall–Kier alpha value is -3.36. The second-order valence-electron chi connectivity index (χ2n) is 6.38. The van der Waals surface area contributed by atoms with E-state index in [9.17, 15) is 4.79 Å². The van der Waals surface area contributed by atoms with E-state index in [2.05, 4.69) is 16.4 Å². The van der Waals surface area contributed by atoms with Crippen molar-refractivity contribution in [1.29, 1.82) is 5.26 Å². The van der Waals surface area contributed by atoms with Gasteiger partial charge in [0.15, 0.2) is 0 Å². The fourth-order valence-corrected chi connectivity index (χ4v) is 2.88. The molecule has 0 fully saturated rings. The van der Waals surface area contributed by atoms with E-state index in [-0.39, 0.29) is 12.3 Å². The van der Waals surface area contributed by atoms with Gasteiger partial charge in [0.2, 0.25) is 5.91 Å². The van der Waals surface area contributed by atoms with Crippen LogP contribution in [0, 0.1) is 25.2 Å². The zero-order valence-electron chi connectivity index (χ0n) is 15.5.